The van der Waals surface area contributed by atoms with Crippen molar-refractivity contribution in [3.05, 3.63) is 62.6 Å². The van der Waals surface area contributed by atoms with E-state index in [0.29, 0.717) is 0 Å². The van der Waals surface area contributed by atoms with Gasteiger partial charge in [0.2, 0.25) is 0 Å². The summed E-state index contributed by atoms with van der Waals surface area (Å²) in [7, 11) is 1.68. The van der Waals surface area contributed by atoms with Crippen LogP contribution in [0.1, 0.15) is 21.5 Å². The number of alkyl halides is 1. The van der Waals surface area contributed by atoms with Crippen molar-refractivity contribution < 1.29 is 4.74 Å². The highest BCUT2D eigenvalue weighted by molar-refractivity contribution is 9.10. The van der Waals surface area contributed by atoms with Gasteiger partial charge in [-0.1, -0.05) is 55.6 Å². The highest BCUT2D eigenvalue weighted by Gasteiger charge is 2.15. The van der Waals surface area contributed by atoms with Crippen molar-refractivity contribution >= 4 is 43.5 Å². The monoisotopic (exact) mass is 402 g/mol. The van der Waals surface area contributed by atoms with E-state index in [2.05, 4.69) is 37.9 Å². The maximum atomic E-state index is 6.26. The minimum absolute atomic E-state index is 0.0575. The second-order valence-corrected chi connectivity index (χ2v) is 6.50. The lowest BCUT2D eigenvalue weighted by molar-refractivity contribution is 0.411. The SMILES string of the molecule is COc1ccc(C(Br)c2cc(Br)ccc2Cl)cc1C. The highest BCUT2D eigenvalue weighted by atomic mass is 79.9. The van der Waals surface area contributed by atoms with E-state index in [-0.39, 0.29) is 4.83 Å². The molecule has 0 heterocycles. The van der Waals surface area contributed by atoms with Crippen LogP contribution in [-0.4, -0.2) is 7.11 Å². The molecule has 2 aromatic carbocycles. The second kappa shape index (κ2) is 6.29. The first-order chi connectivity index (χ1) is 9.02. The Balaban J connectivity index is 2.41. The number of halogens is 3. The molecule has 100 valence electrons. The lowest BCUT2D eigenvalue weighted by atomic mass is 10.0. The topological polar surface area (TPSA) is 9.23 Å². The lowest BCUT2D eigenvalue weighted by Gasteiger charge is -2.15. The third-order valence-electron chi connectivity index (χ3n) is 2.94. The zero-order valence-corrected chi connectivity index (χ0v) is 14.5. The Labute approximate surface area is 135 Å². The van der Waals surface area contributed by atoms with Crippen molar-refractivity contribution in [2.24, 2.45) is 0 Å². The van der Waals surface area contributed by atoms with Gasteiger partial charge in [0.1, 0.15) is 5.75 Å². The molecule has 0 aliphatic rings. The van der Waals surface area contributed by atoms with Crippen LogP contribution in [0.4, 0.5) is 0 Å². The average molecular weight is 405 g/mol. The average Bonchev–Trinajstić information content (AvgIpc) is 2.40. The zero-order valence-electron chi connectivity index (χ0n) is 10.6. The summed E-state index contributed by atoms with van der Waals surface area (Å²) in [6.07, 6.45) is 0. The highest BCUT2D eigenvalue weighted by Crippen LogP contribution is 2.37. The smallest absolute Gasteiger partial charge is 0.121 e. The minimum atomic E-state index is 0.0575. The number of ether oxygens (including phenoxy) is 1. The van der Waals surface area contributed by atoms with Gasteiger partial charge in [-0.3, -0.25) is 0 Å². The van der Waals surface area contributed by atoms with Crippen LogP contribution in [0.5, 0.6) is 5.75 Å². The molecule has 2 rings (SSSR count). The van der Waals surface area contributed by atoms with Gasteiger partial charge < -0.3 is 4.74 Å². The predicted molar refractivity (Wildman–Crippen MR) is 87.7 cm³/mol. The molecular formula is C15H13Br2ClO. The van der Waals surface area contributed by atoms with Crippen molar-refractivity contribution in [3.63, 3.8) is 0 Å². The summed E-state index contributed by atoms with van der Waals surface area (Å²) >= 11 is 13.5. The molecule has 1 nitrogen and oxygen atoms in total. The van der Waals surface area contributed by atoms with E-state index in [9.17, 15) is 0 Å². The molecule has 0 amide bonds. The predicted octanol–water partition coefficient (Wildman–Crippen LogP) is 5.90. The van der Waals surface area contributed by atoms with E-state index in [1.165, 1.54) is 0 Å². The Morgan fingerprint density at radius 2 is 1.89 bits per heavy atom. The molecule has 0 aliphatic carbocycles. The van der Waals surface area contributed by atoms with Crippen LogP contribution >= 0.6 is 43.5 Å². The molecule has 4 heteroatoms. The molecule has 0 bridgehead atoms. The molecule has 0 fully saturated rings. The summed E-state index contributed by atoms with van der Waals surface area (Å²) in [6.45, 7) is 2.03. The van der Waals surface area contributed by atoms with Gasteiger partial charge in [0, 0.05) is 9.50 Å². The third kappa shape index (κ3) is 3.33. The maximum Gasteiger partial charge on any atom is 0.121 e. The minimum Gasteiger partial charge on any atom is -0.496 e. The molecule has 0 saturated heterocycles. The van der Waals surface area contributed by atoms with Gasteiger partial charge in [-0.15, -0.1) is 0 Å². The van der Waals surface area contributed by atoms with Gasteiger partial charge >= 0.3 is 0 Å². The molecule has 1 atom stereocenters. The summed E-state index contributed by atoms with van der Waals surface area (Å²) in [5, 5.41) is 0.749. The summed E-state index contributed by atoms with van der Waals surface area (Å²) in [5.41, 5.74) is 3.30. The van der Waals surface area contributed by atoms with Gasteiger partial charge in [0.25, 0.3) is 0 Å². The first-order valence-corrected chi connectivity index (χ1v) is 7.85. The van der Waals surface area contributed by atoms with Crippen molar-refractivity contribution in [2.75, 3.05) is 7.11 Å². The van der Waals surface area contributed by atoms with Gasteiger partial charge in [0.05, 0.1) is 11.9 Å². The first-order valence-electron chi connectivity index (χ1n) is 5.76. The van der Waals surface area contributed by atoms with E-state index in [1.54, 1.807) is 7.11 Å². The number of aryl methyl sites for hydroxylation is 1. The largest absolute Gasteiger partial charge is 0.496 e. The van der Waals surface area contributed by atoms with Crippen LogP contribution in [0.15, 0.2) is 40.9 Å². The standard InChI is InChI=1S/C15H13Br2ClO/c1-9-7-10(3-6-14(9)19-2)15(17)12-8-11(16)4-5-13(12)18/h3-8,15H,1-2H3. The van der Waals surface area contributed by atoms with Crippen molar-refractivity contribution in [3.8, 4) is 5.75 Å². The number of hydrogen-bond acceptors (Lipinski definition) is 1. The number of hydrogen-bond donors (Lipinski definition) is 0. The van der Waals surface area contributed by atoms with Crippen LogP contribution in [0.2, 0.25) is 5.02 Å². The Bertz CT molecular complexity index is 599. The Kier molecular flexibility index (Phi) is 4.93. The first kappa shape index (κ1) is 14.9. The van der Waals surface area contributed by atoms with E-state index in [0.717, 1.165) is 31.9 Å². The normalized spacial score (nSPS) is 12.3. The maximum absolute atomic E-state index is 6.26. The Hall–Kier alpha value is -0.510. The lowest BCUT2D eigenvalue weighted by Crippen LogP contribution is -1.96. The number of benzene rings is 2. The van der Waals surface area contributed by atoms with E-state index < -0.39 is 0 Å². The number of methoxy groups -OCH3 is 1. The van der Waals surface area contributed by atoms with Crippen molar-refractivity contribution in [1.82, 2.24) is 0 Å². The van der Waals surface area contributed by atoms with Crippen LogP contribution in [-0.2, 0) is 0 Å². The van der Waals surface area contributed by atoms with Crippen LogP contribution in [0.25, 0.3) is 0 Å². The molecule has 1 unspecified atom stereocenters. The number of rotatable bonds is 3. The fourth-order valence-electron chi connectivity index (χ4n) is 1.95. The summed E-state index contributed by atoms with van der Waals surface area (Å²) in [4.78, 5) is 0.0575. The van der Waals surface area contributed by atoms with Gasteiger partial charge in [-0.05, 0) is 47.9 Å². The zero-order chi connectivity index (χ0) is 14.0. The van der Waals surface area contributed by atoms with Crippen LogP contribution in [0, 0.1) is 6.92 Å². The van der Waals surface area contributed by atoms with Crippen molar-refractivity contribution in [2.45, 2.75) is 11.8 Å². The van der Waals surface area contributed by atoms with Gasteiger partial charge in [-0.2, -0.15) is 0 Å². The molecule has 2 aromatic rings. The summed E-state index contributed by atoms with van der Waals surface area (Å²) in [6, 6.07) is 12.0. The second-order valence-electron chi connectivity index (χ2n) is 4.26. The van der Waals surface area contributed by atoms with E-state index >= 15 is 0 Å². The van der Waals surface area contributed by atoms with Gasteiger partial charge in [-0.25, -0.2) is 0 Å². The van der Waals surface area contributed by atoms with E-state index in [4.69, 9.17) is 16.3 Å². The van der Waals surface area contributed by atoms with Crippen LogP contribution in [0.3, 0.4) is 0 Å². The molecule has 0 saturated carbocycles. The quantitative estimate of drug-likeness (QED) is 0.579. The molecule has 0 N–H and O–H groups in total. The van der Waals surface area contributed by atoms with Crippen LogP contribution < -0.4 is 4.74 Å². The fourth-order valence-corrected chi connectivity index (χ4v) is 3.35. The van der Waals surface area contributed by atoms with Crippen molar-refractivity contribution in [1.29, 1.82) is 0 Å². The summed E-state index contributed by atoms with van der Waals surface area (Å²) in [5.74, 6) is 0.892. The third-order valence-corrected chi connectivity index (χ3v) is 4.80. The molecule has 0 aromatic heterocycles. The fraction of sp³-hybridized carbons (Fsp3) is 0.200. The van der Waals surface area contributed by atoms with E-state index in [1.807, 2.05) is 37.3 Å². The Morgan fingerprint density at radius 1 is 1.16 bits per heavy atom. The molecular weight excluding hydrogens is 391 g/mol. The molecule has 0 radical (unpaired) electrons. The molecule has 0 spiro atoms. The van der Waals surface area contributed by atoms with Gasteiger partial charge in [0.15, 0.2) is 0 Å². The Morgan fingerprint density at radius 3 is 2.53 bits per heavy atom. The molecule has 0 aliphatic heterocycles. The molecule has 19 heavy (non-hydrogen) atoms. The summed E-state index contributed by atoms with van der Waals surface area (Å²) < 4.78 is 6.29.